The minimum Gasteiger partial charge on any atom is -1.00 e. The molecule has 0 rings (SSSR count). The maximum atomic E-state index is 10.3. The van der Waals surface area contributed by atoms with E-state index >= 15 is 0 Å². The van der Waals surface area contributed by atoms with Crippen LogP contribution in [-0.4, -0.2) is 51.2 Å². The molecule has 0 saturated heterocycles. The van der Waals surface area contributed by atoms with Crippen LogP contribution in [0.25, 0.3) is 0 Å². The molecule has 0 fully saturated rings. The maximum Gasteiger partial charge on any atom is 1.00 e. The van der Waals surface area contributed by atoms with Crippen LogP contribution >= 0.6 is 0 Å². The topological polar surface area (TPSA) is 207 Å². The SMILES string of the molecule is O.O.O=C(OC(=O)C(=O)O)OC(=O)C(=O)O.[Dy].[Dy].[H-].[H-].[Na+].[Na+]. The summed E-state index contributed by atoms with van der Waals surface area (Å²) in [7, 11) is 0. The average molecular weight is 615 g/mol. The largest absolute Gasteiger partial charge is 1.00 e. The minimum atomic E-state index is -2.09. The Balaban J connectivity index is -0.0000000302. The van der Waals surface area contributed by atoms with Gasteiger partial charge in [-0.1, -0.05) is 0 Å². The molecule has 0 unspecified atom stereocenters. The first kappa shape index (κ1) is 43.1. The Morgan fingerprint density at radius 1 is 0.700 bits per heavy atom. The molecule has 0 heterocycles. The Kier molecular flexibility index (Phi) is 50.2. The second-order valence-corrected chi connectivity index (χ2v) is 1.64. The molecular formula is C5H8Dy2Na2O11. The van der Waals surface area contributed by atoms with Gasteiger partial charge in [-0.25, -0.2) is 24.0 Å². The fraction of sp³-hybridized carbons (Fsp3) is 0. The number of carboxylic acids is 2. The molecule has 0 spiro atoms. The van der Waals surface area contributed by atoms with Gasteiger partial charge < -0.3 is 33.5 Å². The molecule has 20 heavy (non-hydrogen) atoms. The van der Waals surface area contributed by atoms with E-state index < -0.39 is 30.0 Å². The van der Waals surface area contributed by atoms with Crippen molar-refractivity contribution in [2.24, 2.45) is 0 Å². The summed E-state index contributed by atoms with van der Waals surface area (Å²) in [4.78, 5) is 50.0. The van der Waals surface area contributed by atoms with Gasteiger partial charge in [-0.05, 0) is 0 Å². The van der Waals surface area contributed by atoms with Crippen LogP contribution in [0.4, 0.5) is 4.79 Å². The molecule has 0 aromatic rings. The summed E-state index contributed by atoms with van der Waals surface area (Å²) in [6, 6.07) is 0. The van der Waals surface area contributed by atoms with Crippen LogP contribution < -0.4 is 59.1 Å². The van der Waals surface area contributed by atoms with Gasteiger partial charge in [0.05, 0.1) is 0 Å². The maximum absolute atomic E-state index is 10.3. The van der Waals surface area contributed by atoms with Gasteiger partial charge in [-0.2, -0.15) is 0 Å². The molecule has 0 aliphatic heterocycles. The van der Waals surface area contributed by atoms with Gasteiger partial charge in [0, 0.05) is 76.3 Å². The Morgan fingerprint density at radius 2 is 0.900 bits per heavy atom. The van der Waals surface area contributed by atoms with E-state index in [0.717, 1.165) is 0 Å². The van der Waals surface area contributed by atoms with Crippen LogP contribution in [0.1, 0.15) is 2.85 Å². The normalized spacial score (nSPS) is 6.00. The van der Waals surface area contributed by atoms with Crippen LogP contribution in [-0.2, 0) is 28.7 Å². The second-order valence-electron chi connectivity index (χ2n) is 1.64. The zero-order valence-corrected chi connectivity index (χ0v) is 17.9. The summed E-state index contributed by atoms with van der Waals surface area (Å²) in [6.45, 7) is 0. The molecule has 11 nitrogen and oxygen atoms in total. The van der Waals surface area contributed by atoms with Crippen LogP contribution in [0.2, 0.25) is 0 Å². The van der Waals surface area contributed by atoms with Crippen LogP contribution in [0.15, 0.2) is 0 Å². The van der Waals surface area contributed by atoms with E-state index in [1.165, 1.54) is 0 Å². The molecule has 0 radical (unpaired) electrons. The van der Waals surface area contributed by atoms with Crippen molar-refractivity contribution in [3.8, 4) is 0 Å². The third-order valence-electron chi connectivity index (χ3n) is 0.701. The van der Waals surface area contributed by atoms with Crippen molar-refractivity contribution < 1.29 is 193 Å². The molecule has 0 bridgehead atoms. The first-order valence-corrected chi connectivity index (χ1v) is 2.78. The predicted octanol–water partition coefficient (Wildman–Crippen LogP) is -9.05. The van der Waals surface area contributed by atoms with E-state index in [1.807, 2.05) is 0 Å². The molecule has 0 aromatic heterocycles. The van der Waals surface area contributed by atoms with Crippen LogP contribution in [0.5, 0.6) is 0 Å². The Bertz CT molecular complexity index is 312. The standard InChI is InChI=1S/C5H2O9.2Dy.2Na.2H2O.2H/c6-1(7)3(10)13-5(12)14-4(11)2(8)9;;;;;;;;/h(H,6,7)(H,8,9);;;;;2*1H2;;/q;;;2*+1;;;2*-1. The molecular weight excluding hydrogens is 607 g/mol. The number of rotatable bonds is 0. The summed E-state index contributed by atoms with van der Waals surface area (Å²) in [5.74, 6) is -8.17. The van der Waals surface area contributed by atoms with Crippen molar-refractivity contribution in [2.75, 3.05) is 0 Å². The number of aliphatic carboxylic acids is 2. The van der Waals surface area contributed by atoms with E-state index in [-0.39, 0.29) is 149 Å². The summed E-state index contributed by atoms with van der Waals surface area (Å²) < 4.78 is 6.70. The molecule has 0 atom stereocenters. The van der Waals surface area contributed by atoms with Gasteiger partial charge in [-0.3, -0.25) is 0 Å². The molecule has 116 valence electrons. The Hall–Kier alpha value is 2.02. The number of carboxylic acid groups (broad SMARTS) is 2. The fourth-order valence-corrected chi connectivity index (χ4v) is 0.260. The first-order valence-electron chi connectivity index (χ1n) is 2.78. The molecule has 0 aliphatic carbocycles. The number of carbonyl (C=O) groups is 5. The van der Waals surface area contributed by atoms with Crippen LogP contribution in [0, 0.1) is 76.3 Å². The summed E-state index contributed by atoms with van der Waals surface area (Å²) in [5.41, 5.74) is 0. The van der Waals surface area contributed by atoms with Gasteiger partial charge in [-0.15, -0.1) is 0 Å². The Morgan fingerprint density at radius 3 is 1.05 bits per heavy atom. The Labute approximate surface area is 219 Å². The predicted molar refractivity (Wildman–Crippen MR) is 42.3 cm³/mol. The number of carbonyl (C=O) groups excluding carboxylic acids is 3. The smallest absolute Gasteiger partial charge is 1.00 e. The molecule has 0 aliphatic rings. The van der Waals surface area contributed by atoms with Crippen LogP contribution in [0.3, 0.4) is 0 Å². The third kappa shape index (κ3) is 22.3. The number of hydrogen-bond acceptors (Lipinski definition) is 7. The molecule has 0 aromatic carbocycles. The third-order valence-corrected chi connectivity index (χ3v) is 0.701. The van der Waals surface area contributed by atoms with E-state index in [1.54, 1.807) is 0 Å². The molecule has 15 heteroatoms. The first-order chi connectivity index (χ1) is 6.34. The van der Waals surface area contributed by atoms with Crippen molar-refractivity contribution in [1.29, 1.82) is 0 Å². The van der Waals surface area contributed by atoms with Gasteiger partial charge in [0.25, 0.3) is 0 Å². The number of hydrogen-bond donors (Lipinski definition) is 2. The quantitative estimate of drug-likeness (QED) is 0.115. The van der Waals surface area contributed by atoms with Gasteiger partial charge >= 0.3 is 89.1 Å². The van der Waals surface area contributed by atoms with Gasteiger partial charge in [0.1, 0.15) is 0 Å². The van der Waals surface area contributed by atoms with Crippen molar-refractivity contribution >= 4 is 30.0 Å². The van der Waals surface area contributed by atoms with E-state index in [0.29, 0.717) is 0 Å². The van der Waals surface area contributed by atoms with Gasteiger partial charge in [0.2, 0.25) is 0 Å². The summed E-state index contributed by atoms with van der Waals surface area (Å²) in [5, 5.41) is 15.8. The average Bonchev–Trinajstić information content (AvgIpc) is 2.03. The number of esters is 2. The fourth-order valence-electron chi connectivity index (χ4n) is 0.260. The monoisotopic (exact) mass is 618 g/mol. The van der Waals surface area contributed by atoms with Gasteiger partial charge in [0.15, 0.2) is 0 Å². The molecule has 0 saturated carbocycles. The number of ether oxygens (including phenoxy) is 2. The van der Waals surface area contributed by atoms with Crippen molar-refractivity contribution in [2.45, 2.75) is 0 Å². The zero-order valence-electron chi connectivity index (χ0n) is 11.9. The van der Waals surface area contributed by atoms with E-state index in [9.17, 15) is 24.0 Å². The van der Waals surface area contributed by atoms with E-state index in [2.05, 4.69) is 9.47 Å². The minimum absolute atomic E-state index is 0. The van der Waals surface area contributed by atoms with E-state index in [4.69, 9.17) is 10.2 Å². The second kappa shape index (κ2) is 23.3. The molecule has 0 amide bonds. The molecule has 6 N–H and O–H groups in total. The zero-order chi connectivity index (χ0) is 11.3. The summed E-state index contributed by atoms with van der Waals surface area (Å²) in [6.07, 6.45) is -2.02. The van der Waals surface area contributed by atoms with Crippen molar-refractivity contribution in [1.82, 2.24) is 0 Å². The van der Waals surface area contributed by atoms with Crippen molar-refractivity contribution in [3.05, 3.63) is 0 Å². The van der Waals surface area contributed by atoms with Crippen molar-refractivity contribution in [3.63, 3.8) is 0 Å². The summed E-state index contributed by atoms with van der Waals surface area (Å²) >= 11 is 0.